The zero-order valence-corrected chi connectivity index (χ0v) is 22.7. The third kappa shape index (κ3) is 6.88. The van der Waals surface area contributed by atoms with E-state index in [0.29, 0.717) is 28.7 Å². The lowest BCUT2D eigenvalue weighted by atomic mass is 9.79. The highest BCUT2D eigenvalue weighted by molar-refractivity contribution is 8.24. The van der Waals surface area contributed by atoms with Crippen molar-refractivity contribution in [3.63, 3.8) is 0 Å². The molecule has 1 aliphatic heterocycles. The number of carbonyl (C=O) groups is 1. The lowest BCUT2D eigenvalue weighted by molar-refractivity contribution is -0.133. The highest BCUT2D eigenvalue weighted by Gasteiger charge is 2.42. The Morgan fingerprint density at radius 3 is 2.34 bits per heavy atom. The third-order valence-corrected chi connectivity index (χ3v) is 9.69. The van der Waals surface area contributed by atoms with Crippen LogP contribution >= 0.6 is 22.4 Å². The molecule has 35 heavy (non-hydrogen) atoms. The molecule has 2 aromatic carbocycles. The van der Waals surface area contributed by atoms with Gasteiger partial charge in [0.2, 0.25) is 0 Å². The summed E-state index contributed by atoms with van der Waals surface area (Å²) in [7, 11) is -1.50. The maximum atomic E-state index is 11.7. The highest BCUT2D eigenvalue weighted by Crippen LogP contribution is 2.61. The van der Waals surface area contributed by atoms with Gasteiger partial charge in [0.15, 0.2) is 0 Å². The molecule has 0 aliphatic carbocycles. The van der Waals surface area contributed by atoms with Crippen molar-refractivity contribution in [2.24, 2.45) is 5.41 Å². The van der Waals surface area contributed by atoms with Crippen LogP contribution in [-0.4, -0.2) is 45.3 Å². The lowest BCUT2D eigenvalue weighted by Gasteiger charge is -2.42. The average Bonchev–Trinajstić information content (AvgIpc) is 2.93. The first-order chi connectivity index (χ1) is 16.7. The number of carboxylic acid groups (broad SMARTS) is 1. The summed E-state index contributed by atoms with van der Waals surface area (Å²) in [6.45, 7) is 5.06. The largest absolute Gasteiger partial charge is 0.496 e. The molecule has 0 bridgehead atoms. The van der Waals surface area contributed by atoms with E-state index in [-0.39, 0.29) is 11.2 Å². The fraction of sp³-hybridized carbons (Fsp3) is 0.519. The Morgan fingerprint density at radius 2 is 1.77 bits per heavy atom. The Bertz CT molecular complexity index is 975. The smallest absolute Gasteiger partial charge is 0.313 e. The van der Waals surface area contributed by atoms with Crippen LogP contribution in [0.4, 0.5) is 11.4 Å². The predicted octanol–water partition coefficient (Wildman–Crippen LogP) is 7.64. The highest BCUT2D eigenvalue weighted by atomic mass is 32.3. The van der Waals surface area contributed by atoms with Crippen LogP contribution in [0.2, 0.25) is 0 Å². The number of nitrogens with zero attached hydrogens (tertiary/aromatic N) is 1. The van der Waals surface area contributed by atoms with E-state index in [1.54, 1.807) is 7.11 Å². The van der Waals surface area contributed by atoms with Crippen molar-refractivity contribution < 1.29 is 23.7 Å². The van der Waals surface area contributed by atoms with Crippen molar-refractivity contribution in [2.75, 3.05) is 30.1 Å². The number of thioether (sulfide) groups is 1. The molecule has 0 fully saturated rings. The Hall–Kier alpha value is -1.87. The maximum absolute atomic E-state index is 11.7. The van der Waals surface area contributed by atoms with E-state index in [1.165, 1.54) is 11.8 Å². The molecule has 0 amide bonds. The van der Waals surface area contributed by atoms with Crippen LogP contribution in [0.5, 0.6) is 5.75 Å². The van der Waals surface area contributed by atoms with Crippen LogP contribution in [0, 0.1) is 5.41 Å². The molecule has 0 unspecified atom stereocenters. The second-order valence-electron chi connectivity index (χ2n) is 9.46. The summed E-state index contributed by atoms with van der Waals surface area (Å²) in [4.78, 5) is 13.8. The van der Waals surface area contributed by atoms with Crippen LogP contribution in [0.15, 0.2) is 47.4 Å². The van der Waals surface area contributed by atoms with Crippen LogP contribution < -0.4 is 9.64 Å². The van der Waals surface area contributed by atoms with Crippen molar-refractivity contribution >= 4 is 39.7 Å². The first kappa shape index (κ1) is 27.7. The Kier molecular flexibility index (Phi) is 9.81. The van der Waals surface area contributed by atoms with Gasteiger partial charge >= 0.3 is 5.97 Å². The summed E-state index contributed by atoms with van der Waals surface area (Å²) in [6.07, 6.45) is 6.08. The maximum Gasteiger partial charge on any atom is 0.313 e. The number of aliphatic carboxylic acids is 1. The van der Waals surface area contributed by atoms with Gasteiger partial charge in [0, 0.05) is 40.8 Å². The molecule has 0 spiro atoms. The van der Waals surface area contributed by atoms with Gasteiger partial charge in [-0.1, -0.05) is 57.7 Å². The molecule has 1 heterocycles. The normalized spacial score (nSPS) is 17.3. The minimum atomic E-state index is -3.10. The second kappa shape index (κ2) is 12.4. The molecule has 3 N–H and O–H groups in total. The average molecular weight is 522 g/mol. The zero-order chi connectivity index (χ0) is 25.5. The van der Waals surface area contributed by atoms with Gasteiger partial charge in [-0.05, 0) is 31.0 Å². The Balaban J connectivity index is 2.16. The van der Waals surface area contributed by atoms with Gasteiger partial charge in [-0.25, -0.2) is 0 Å². The van der Waals surface area contributed by atoms with Crippen LogP contribution in [0.1, 0.15) is 57.9 Å². The van der Waals surface area contributed by atoms with Gasteiger partial charge in [-0.3, -0.25) is 13.9 Å². The summed E-state index contributed by atoms with van der Waals surface area (Å²) in [5, 5.41) is 9.06. The van der Waals surface area contributed by atoms with Gasteiger partial charge in [0.1, 0.15) is 5.75 Å². The second-order valence-corrected chi connectivity index (χ2v) is 12.5. The number of anilines is 2. The number of rotatable bonds is 12. The monoisotopic (exact) mass is 521 g/mol. The van der Waals surface area contributed by atoms with E-state index >= 15 is 0 Å². The number of benzene rings is 2. The summed E-state index contributed by atoms with van der Waals surface area (Å²) >= 11 is 1.27. The molecule has 1 aliphatic rings. The third-order valence-electron chi connectivity index (χ3n) is 6.68. The number of carboxylic acids is 1. The molecular formula is C27H39NO5S2. The summed E-state index contributed by atoms with van der Waals surface area (Å²) < 4.78 is 29.1. The standard InChI is InChI=1S/C27H39NO5S2/c1-4-6-13-27(14-7-5-2)19-28(22-11-9-8-10-12-22)23-16-24(33-3)21(17-34-18-26(29)30)15-25(23)35(31,32)20-27/h8-12,15-16,31-32H,4-7,13-14,17-20H2,1-3H3,(H,29,30). The van der Waals surface area contributed by atoms with E-state index < -0.39 is 16.6 Å². The number of unbranched alkanes of at least 4 members (excludes halogenated alkanes) is 2. The SMILES string of the molecule is CCCCC1(CCCC)CN(c2ccccc2)c2cc(OC)c(CSCC(=O)O)cc2S(O)(O)C1. The number of fused-ring (bicyclic) bond motifs is 1. The van der Waals surface area contributed by atoms with E-state index in [2.05, 4.69) is 30.9 Å². The fourth-order valence-electron chi connectivity index (χ4n) is 4.96. The molecule has 6 nitrogen and oxygen atoms in total. The summed E-state index contributed by atoms with van der Waals surface area (Å²) in [5.41, 5.74) is 2.32. The molecule has 2 aromatic rings. The molecule has 8 heteroatoms. The first-order valence-corrected chi connectivity index (χ1v) is 15.2. The number of methoxy groups -OCH3 is 1. The van der Waals surface area contributed by atoms with E-state index in [1.807, 2.05) is 30.3 Å². The summed E-state index contributed by atoms with van der Waals surface area (Å²) in [5.74, 6) is 0.487. The lowest BCUT2D eigenvalue weighted by Crippen LogP contribution is -2.37. The Morgan fingerprint density at radius 1 is 1.11 bits per heavy atom. The molecule has 0 aromatic heterocycles. The van der Waals surface area contributed by atoms with Crippen LogP contribution in [-0.2, 0) is 10.5 Å². The van der Waals surface area contributed by atoms with Crippen molar-refractivity contribution in [1.82, 2.24) is 0 Å². The topological polar surface area (TPSA) is 90.2 Å². The van der Waals surface area contributed by atoms with Crippen LogP contribution in [0.25, 0.3) is 0 Å². The Labute approximate surface area is 215 Å². The van der Waals surface area contributed by atoms with Gasteiger partial charge in [-0.2, -0.15) is 10.6 Å². The van der Waals surface area contributed by atoms with E-state index in [0.717, 1.165) is 55.5 Å². The van der Waals surface area contributed by atoms with Crippen molar-refractivity contribution in [1.29, 1.82) is 0 Å². The molecular weight excluding hydrogens is 482 g/mol. The van der Waals surface area contributed by atoms with Gasteiger partial charge in [0.25, 0.3) is 0 Å². The quantitative estimate of drug-likeness (QED) is 0.264. The molecule has 0 radical (unpaired) electrons. The molecule has 3 rings (SSSR count). The minimum absolute atomic E-state index is 0.0240. The first-order valence-electron chi connectivity index (χ1n) is 12.3. The number of para-hydroxylation sites is 1. The molecule has 194 valence electrons. The number of ether oxygens (including phenoxy) is 1. The predicted molar refractivity (Wildman–Crippen MR) is 148 cm³/mol. The molecule has 0 atom stereocenters. The zero-order valence-electron chi connectivity index (χ0n) is 21.0. The summed E-state index contributed by atoms with van der Waals surface area (Å²) in [6, 6.07) is 13.9. The molecule has 0 saturated heterocycles. The number of hydrogen-bond donors (Lipinski definition) is 3. The van der Waals surface area contributed by atoms with E-state index in [4.69, 9.17) is 9.84 Å². The van der Waals surface area contributed by atoms with Gasteiger partial charge in [0.05, 0.1) is 23.4 Å². The van der Waals surface area contributed by atoms with Gasteiger partial charge < -0.3 is 14.7 Å². The van der Waals surface area contributed by atoms with Crippen molar-refractivity contribution in [2.45, 2.75) is 63.0 Å². The fourth-order valence-corrected chi connectivity index (χ4v) is 7.90. The van der Waals surface area contributed by atoms with Gasteiger partial charge in [-0.15, -0.1) is 11.8 Å². The number of hydrogen-bond acceptors (Lipinski definition) is 6. The van der Waals surface area contributed by atoms with E-state index in [9.17, 15) is 13.9 Å². The molecule has 0 saturated carbocycles. The minimum Gasteiger partial charge on any atom is -0.496 e. The van der Waals surface area contributed by atoms with Crippen molar-refractivity contribution in [3.05, 3.63) is 48.0 Å². The van der Waals surface area contributed by atoms with Crippen molar-refractivity contribution in [3.8, 4) is 5.75 Å². The van der Waals surface area contributed by atoms with Crippen LogP contribution in [0.3, 0.4) is 0 Å².